The molecule has 0 aromatic heterocycles. The van der Waals surface area contributed by atoms with Gasteiger partial charge in [0.1, 0.15) is 5.75 Å². The number of rotatable bonds is 4. The highest BCUT2D eigenvalue weighted by Crippen LogP contribution is 2.30. The van der Waals surface area contributed by atoms with Gasteiger partial charge in [0, 0.05) is 0 Å². The molecule has 0 saturated carbocycles. The van der Waals surface area contributed by atoms with Crippen molar-refractivity contribution in [3.05, 3.63) is 77.9 Å². The van der Waals surface area contributed by atoms with Gasteiger partial charge in [0.25, 0.3) is 0 Å². The van der Waals surface area contributed by atoms with Gasteiger partial charge in [-0.3, -0.25) is 4.79 Å². The SMILES string of the molecule is CC(CC(=O)Oc1ccc(C(F)(F)F)cc1)c1ccc2ccccc2c1. The molecule has 5 heteroatoms. The van der Waals surface area contributed by atoms with Gasteiger partial charge in [-0.25, -0.2) is 0 Å². The maximum absolute atomic E-state index is 12.5. The van der Waals surface area contributed by atoms with Crippen LogP contribution in [0.4, 0.5) is 13.2 Å². The number of hydrogen-bond donors (Lipinski definition) is 0. The molecule has 0 heterocycles. The smallest absolute Gasteiger partial charge is 0.416 e. The maximum Gasteiger partial charge on any atom is 0.416 e. The van der Waals surface area contributed by atoms with E-state index in [2.05, 4.69) is 0 Å². The number of hydrogen-bond acceptors (Lipinski definition) is 2. The van der Waals surface area contributed by atoms with Gasteiger partial charge in [0.15, 0.2) is 0 Å². The molecule has 0 saturated heterocycles. The fraction of sp³-hybridized carbons (Fsp3) is 0.190. The van der Waals surface area contributed by atoms with Crippen molar-refractivity contribution >= 4 is 16.7 Å². The van der Waals surface area contributed by atoms with Crippen LogP contribution in [0.25, 0.3) is 10.8 Å². The molecule has 0 spiro atoms. The topological polar surface area (TPSA) is 26.3 Å². The average molecular weight is 358 g/mol. The van der Waals surface area contributed by atoms with Crippen LogP contribution in [-0.4, -0.2) is 5.97 Å². The number of carbonyl (C=O) groups is 1. The molecule has 0 N–H and O–H groups in total. The van der Waals surface area contributed by atoms with Gasteiger partial charge in [0.05, 0.1) is 12.0 Å². The van der Waals surface area contributed by atoms with Crippen LogP contribution in [0.15, 0.2) is 66.7 Å². The summed E-state index contributed by atoms with van der Waals surface area (Å²) in [6.45, 7) is 1.91. The summed E-state index contributed by atoms with van der Waals surface area (Å²) in [7, 11) is 0. The number of halogens is 3. The van der Waals surface area contributed by atoms with Crippen molar-refractivity contribution in [2.24, 2.45) is 0 Å². The van der Waals surface area contributed by atoms with Crippen LogP contribution in [0.5, 0.6) is 5.75 Å². The summed E-state index contributed by atoms with van der Waals surface area (Å²) in [4.78, 5) is 12.1. The Hall–Kier alpha value is -2.82. The highest BCUT2D eigenvalue weighted by molar-refractivity contribution is 5.83. The van der Waals surface area contributed by atoms with Crippen molar-refractivity contribution < 1.29 is 22.7 Å². The molecule has 3 aromatic carbocycles. The van der Waals surface area contributed by atoms with E-state index in [-0.39, 0.29) is 18.1 Å². The second-order valence-corrected chi connectivity index (χ2v) is 6.21. The zero-order valence-electron chi connectivity index (χ0n) is 14.1. The number of fused-ring (bicyclic) bond motifs is 1. The predicted molar refractivity (Wildman–Crippen MR) is 94.1 cm³/mol. The van der Waals surface area contributed by atoms with E-state index in [1.54, 1.807) is 0 Å². The van der Waals surface area contributed by atoms with Crippen LogP contribution in [0, 0.1) is 0 Å². The van der Waals surface area contributed by atoms with Crippen LogP contribution in [0.2, 0.25) is 0 Å². The summed E-state index contributed by atoms with van der Waals surface area (Å²) < 4.78 is 42.8. The number of ether oxygens (including phenoxy) is 1. The molecule has 0 fully saturated rings. The van der Waals surface area contributed by atoms with Gasteiger partial charge in [-0.2, -0.15) is 13.2 Å². The zero-order valence-corrected chi connectivity index (χ0v) is 14.1. The molecule has 3 rings (SSSR count). The van der Waals surface area contributed by atoms with E-state index in [9.17, 15) is 18.0 Å². The molecule has 0 bridgehead atoms. The van der Waals surface area contributed by atoms with Gasteiger partial charge >= 0.3 is 12.1 Å². The highest BCUT2D eigenvalue weighted by Gasteiger charge is 2.30. The molecular formula is C21H17F3O2. The zero-order chi connectivity index (χ0) is 18.7. The lowest BCUT2D eigenvalue weighted by Crippen LogP contribution is -2.12. The van der Waals surface area contributed by atoms with E-state index in [0.29, 0.717) is 0 Å². The van der Waals surface area contributed by atoms with Crippen molar-refractivity contribution in [2.75, 3.05) is 0 Å². The van der Waals surface area contributed by atoms with Gasteiger partial charge < -0.3 is 4.74 Å². The van der Waals surface area contributed by atoms with Crippen LogP contribution >= 0.6 is 0 Å². The van der Waals surface area contributed by atoms with Gasteiger partial charge in [-0.05, 0) is 46.5 Å². The molecular weight excluding hydrogens is 341 g/mol. The largest absolute Gasteiger partial charge is 0.427 e. The molecule has 26 heavy (non-hydrogen) atoms. The minimum absolute atomic E-state index is 0.0680. The van der Waals surface area contributed by atoms with E-state index in [1.807, 2.05) is 49.4 Å². The summed E-state index contributed by atoms with van der Waals surface area (Å²) >= 11 is 0. The summed E-state index contributed by atoms with van der Waals surface area (Å²) in [5.41, 5.74) is 0.231. The van der Waals surface area contributed by atoms with E-state index in [0.717, 1.165) is 40.6 Å². The Balaban J connectivity index is 1.65. The van der Waals surface area contributed by atoms with Gasteiger partial charge in [-0.15, -0.1) is 0 Å². The number of benzene rings is 3. The Morgan fingerprint density at radius 3 is 2.27 bits per heavy atom. The fourth-order valence-corrected chi connectivity index (χ4v) is 2.77. The van der Waals surface area contributed by atoms with Crippen LogP contribution < -0.4 is 4.74 Å². The molecule has 1 atom stereocenters. The Bertz CT molecular complexity index is 914. The lowest BCUT2D eigenvalue weighted by Gasteiger charge is -2.13. The normalized spacial score (nSPS) is 12.8. The Labute approximate surface area is 149 Å². The number of esters is 1. The van der Waals surface area contributed by atoms with Crippen LogP contribution in [0.3, 0.4) is 0 Å². The lowest BCUT2D eigenvalue weighted by atomic mass is 9.95. The summed E-state index contributed by atoms with van der Waals surface area (Å²) in [5, 5.41) is 2.21. The van der Waals surface area contributed by atoms with Gasteiger partial charge in [0.2, 0.25) is 0 Å². The first-order chi connectivity index (χ1) is 12.3. The quantitative estimate of drug-likeness (QED) is 0.425. The lowest BCUT2D eigenvalue weighted by molar-refractivity contribution is -0.137. The summed E-state index contributed by atoms with van der Waals surface area (Å²) in [6, 6.07) is 18.1. The van der Waals surface area contributed by atoms with Crippen molar-refractivity contribution in [1.82, 2.24) is 0 Å². The fourth-order valence-electron chi connectivity index (χ4n) is 2.77. The van der Waals surface area contributed by atoms with E-state index in [4.69, 9.17) is 4.74 Å². The second kappa shape index (κ2) is 7.20. The molecule has 0 aliphatic heterocycles. The molecule has 0 radical (unpaired) electrons. The predicted octanol–water partition coefficient (Wildman–Crippen LogP) is 5.96. The molecule has 2 nitrogen and oxygen atoms in total. The summed E-state index contributed by atoms with van der Waals surface area (Å²) in [5.74, 6) is -0.444. The number of alkyl halides is 3. The third-order valence-corrected chi connectivity index (χ3v) is 4.23. The maximum atomic E-state index is 12.5. The first-order valence-corrected chi connectivity index (χ1v) is 8.19. The molecule has 0 aliphatic rings. The van der Waals surface area contributed by atoms with E-state index >= 15 is 0 Å². The van der Waals surface area contributed by atoms with Crippen molar-refractivity contribution in [2.45, 2.75) is 25.4 Å². The third kappa shape index (κ3) is 4.23. The first-order valence-electron chi connectivity index (χ1n) is 8.19. The van der Waals surface area contributed by atoms with Crippen molar-refractivity contribution in [3.8, 4) is 5.75 Å². The highest BCUT2D eigenvalue weighted by atomic mass is 19.4. The first kappa shape index (κ1) is 18.0. The Morgan fingerprint density at radius 1 is 0.962 bits per heavy atom. The molecule has 134 valence electrons. The average Bonchev–Trinajstić information content (AvgIpc) is 2.61. The summed E-state index contributed by atoms with van der Waals surface area (Å²) in [6.07, 6.45) is -4.27. The van der Waals surface area contributed by atoms with E-state index in [1.165, 1.54) is 0 Å². The molecule has 1 unspecified atom stereocenters. The minimum atomic E-state index is -4.41. The minimum Gasteiger partial charge on any atom is -0.427 e. The second-order valence-electron chi connectivity index (χ2n) is 6.21. The Kier molecular flexibility index (Phi) is 4.98. The van der Waals surface area contributed by atoms with Crippen molar-refractivity contribution in [1.29, 1.82) is 0 Å². The van der Waals surface area contributed by atoms with Crippen LogP contribution in [0.1, 0.15) is 30.4 Å². The standard InChI is InChI=1S/C21H17F3O2/c1-14(16-7-6-15-4-2-3-5-17(15)13-16)12-20(25)26-19-10-8-18(9-11-19)21(22,23)24/h2-11,13-14H,12H2,1H3. The molecule has 0 aliphatic carbocycles. The van der Waals surface area contributed by atoms with Crippen molar-refractivity contribution in [3.63, 3.8) is 0 Å². The molecule has 3 aromatic rings. The van der Waals surface area contributed by atoms with Gasteiger partial charge in [-0.1, -0.05) is 49.4 Å². The van der Waals surface area contributed by atoms with Crippen LogP contribution in [-0.2, 0) is 11.0 Å². The molecule has 0 amide bonds. The third-order valence-electron chi connectivity index (χ3n) is 4.23. The van der Waals surface area contributed by atoms with E-state index < -0.39 is 17.7 Å². The monoisotopic (exact) mass is 358 g/mol. The Morgan fingerprint density at radius 2 is 1.62 bits per heavy atom. The number of carbonyl (C=O) groups excluding carboxylic acids is 1.